The minimum atomic E-state index is -0.806. The number of aryl methyl sites for hydroxylation is 1. The number of rotatable bonds is 9. The first-order valence-electron chi connectivity index (χ1n) is 9.73. The van der Waals surface area contributed by atoms with E-state index in [-0.39, 0.29) is 28.7 Å². The minimum Gasteiger partial charge on any atom is -0.347 e. The van der Waals surface area contributed by atoms with Crippen molar-refractivity contribution in [2.24, 2.45) is 7.05 Å². The third kappa shape index (κ3) is 5.38. The third-order valence-corrected chi connectivity index (χ3v) is 5.90. The Hall–Kier alpha value is -3.11. The zero-order valence-electron chi connectivity index (χ0n) is 17.5. The molecule has 32 heavy (non-hydrogen) atoms. The molecule has 0 aliphatic rings. The Kier molecular flexibility index (Phi) is 7.70. The van der Waals surface area contributed by atoms with E-state index < -0.39 is 16.9 Å². The van der Waals surface area contributed by atoms with E-state index in [2.05, 4.69) is 15.6 Å². The number of hydrogen-bond acceptors (Lipinski definition) is 6. The number of nitrogens with zero attached hydrogens (tertiary/aromatic N) is 3. The number of nitrogens with one attached hydrogen (secondary N) is 2. The minimum absolute atomic E-state index is 0.0541. The van der Waals surface area contributed by atoms with Gasteiger partial charge >= 0.3 is 0 Å². The van der Waals surface area contributed by atoms with Crippen LogP contribution in [0.2, 0.25) is 5.02 Å². The summed E-state index contributed by atoms with van der Waals surface area (Å²) in [5.41, 5.74) is 1.47. The highest BCUT2D eigenvalue weighted by atomic mass is 35.5. The van der Waals surface area contributed by atoms with Crippen molar-refractivity contribution < 1.29 is 14.5 Å². The molecule has 0 saturated carbocycles. The van der Waals surface area contributed by atoms with E-state index in [4.69, 9.17) is 11.6 Å². The first-order chi connectivity index (χ1) is 15.3. The fraction of sp³-hybridized carbons (Fsp3) is 0.286. The molecule has 1 aromatic heterocycles. The van der Waals surface area contributed by atoms with Gasteiger partial charge in [0.05, 0.1) is 22.5 Å². The maximum absolute atomic E-state index is 12.8. The summed E-state index contributed by atoms with van der Waals surface area (Å²) in [5, 5.41) is 16.5. The lowest BCUT2D eigenvalue weighted by atomic mass is 10.1. The van der Waals surface area contributed by atoms with Gasteiger partial charge < -0.3 is 15.2 Å². The molecule has 0 spiro atoms. The summed E-state index contributed by atoms with van der Waals surface area (Å²) >= 11 is 7.36. The maximum Gasteiger partial charge on any atom is 0.288 e. The van der Waals surface area contributed by atoms with E-state index in [0.29, 0.717) is 18.0 Å². The van der Waals surface area contributed by atoms with Crippen molar-refractivity contribution in [1.29, 1.82) is 0 Å². The number of fused-ring (bicyclic) bond motifs is 1. The lowest BCUT2D eigenvalue weighted by Gasteiger charge is -2.18. The Morgan fingerprint density at radius 1 is 1.28 bits per heavy atom. The van der Waals surface area contributed by atoms with Crippen molar-refractivity contribution in [3.63, 3.8) is 0 Å². The smallest absolute Gasteiger partial charge is 0.288 e. The van der Waals surface area contributed by atoms with Crippen LogP contribution in [0.1, 0.15) is 22.6 Å². The van der Waals surface area contributed by atoms with E-state index in [1.54, 1.807) is 11.8 Å². The molecule has 11 heteroatoms. The fourth-order valence-electron chi connectivity index (χ4n) is 3.18. The number of thioether (sulfide) groups is 1. The number of aromatic nitrogens is 2. The Bertz CT molecular complexity index is 1170. The van der Waals surface area contributed by atoms with Crippen molar-refractivity contribution in [3.05, 3.63) is 69.0 Å². The molecule has 1 atom stereocenters. The van der Waals surface area contributed by atoms with Crippen LogP contribution in [0.3, 0.4) is 0 Å². The molecular formula is C21H22ClN5O4S. The first kappa shape index (κ1) is 23.6. The molecule has 0 bridgehead atoms. The zero-order chi connectivity index (χ0) is 23.3. The van der Waals surface area contributed by atoms with Crippen molar-refractivity contribution >= 4 is 51.9 Å². The van der Waals surface area contributed by atoms with Crippen LogP contribution in [0.15, 0.2) is 42.5 Å². The highest BCUT2D eigenvalue weighted by Crippen LogP contribution is 2.25. The molecule has 0 radical (unpaired) electrons. The van der Waals surface area contributed by atoms with Crippen LogP contribution in [0.5, 0.6) is 0 Å². The van der Waals surface area contributed by atoms with Crippen LogP contribution in [0.4, 0.5) is 5.69 Å². The van der Waals surface area contributed by atoms with Crippen molar-refractivity contribution in [2.45, 2.75) is 19.0 Å². The molecule has 2 aromatic carbocycles. The Morgan fingerprint density at radius 2 is 2.03 bits per heavy atom. The van der Waals surface area contributed by atoms with E-state index in [1.807, 2.05) is 42.1 Å². The topological polar surface area (TPSA) is 119 Å². The van der Waals surface area contributed by atoms with Crippen molar-refractivity contribution in [2.75, 3.05) is 12.0 Å². The standard InChI is InChI=1S/C21H22ClN5O4S/c1-26-17-6-4-3-5-15(17)24-19(26)12-23-21(29)16(9-10-32-2)25-20(28)13-7-8-14(22)18(11-13)27(30)31/h3-8,11,16H,9-10,12H2,1-2H3,(H,23,29)(H,25,28). The van der Waals surface area contributed by atoms with Gasteiger partial charge in [0.2, 0.25) is 5.91 Å². The predicted molar refractivity (Wildman–Crippen MR) is 125 cm³/mol. The second kappa shape index (κ2) is 10.5. The lowest BCUT2D eigenvalue weighted by molar-refractivity contribution is -0.384. The molecule has 9 nitrogen and oxygen atoms in total. The molecule has 0 fully saturated rings. The molecule has 2 amide bonds. The average molecular weight is 476 g/mol. The van der Waals surface area contributed by atoms with E-state index in [0.717, 1.165) is 17.1 Å². The second-order valence-corrected chi connectivity index (χ2v) is 8.42. The van der Waals surface area contributed by atoms with Gasteiger partial charge in [-0.25, -0.2) is 4.98 Å². The molecular weight excluding hydrogens is 454 g/mol. The van der Waals surface area contributed by atoms with Crippen LogP contribution in [-0.4, -0.2) is 44.3 Å². The van der Waals surface area contributed by atoms with Crippen LogP contribution in [0.25, 0.3) is 11.0 Å². The largest absolute Gasteiger partial charge is 0.347 e. The normalized spacial score (nSPS) is 11.8. The summed E-state index contributed by atoms with van der Waals surface area (Å²) in [6.07, 6.45) is 2.30. The Morgan fingerprint density at radius 3 is 2.72 bits per heavy atom. The van der Waals surface area contributed by atoms with Crippen LogP contribution in [0, 0.1) is 10.1 Å². The molecule has 0 aliphatic carbocycles. The second-order valence-electron chi connectivity index (χ2n) is 7.02. The van der Waals surface area contributed by atoms with Gasteiger partial charge in [0.25, 0.3) is 11.6 Å². The predicted octanol–water partition coefficient (Wildman–Crippen LogP) is 3.30. The van der Waals surface area contributed by atoms with Gasteiger partial charge in [0, 0.05) is 18.7 Å². The third-order valence-electron chi connectivity index (χ3n) is 4.94. The quantitative estimate of drug-likeness (QED) is 0.362. The molecule has 168 valence electrons. The van der Waals surface area contributed by atoms with Gasteiger partial charge in [0.1, 0.15) is 16.9 Å². The van der Waals surface area contributed by atoms with Crippen molar-refractivity contribution in [3.8, 4) is 0 Å². The van der Waals surface area contributed by atoms with E-state index in [9.17, 15) is 19.7 Å². The number of benzene rings is 2. The summed E-state index contributed by atoms with van der Waals surface area (Å²) in [6, 6.07) is 10.6. The van der Waals surface area contributed by atoms with Crippen molar-refractivity contribution in [1.82, 2.24) is 20.2 Å². The summed E-state index contributed by atoms with van der Waals surface area (Å²) < 4.78 is 1.90. The molecule has 1 heterocycles. The summed E-state index contributed by atoms with van der Waals surface area (Å²) in [4.78, 5) is 40.5. The number of nitro groups is 1. The molecule has 1 unspecified atom stereocenters. The van der Waals surface area contributed by atoms with Crippen LogP contribution < -0.4 is 10.6 Å². The average Bonchev–Trinajstić information content (AvgIpc) is 3.10. The molecule has 3 rings (SSSR count). The van der Waals surface area contributed by atoms with Gasteiger partial charge in [-0.15, -0.1) is 0 Å². The van der Waals surface area contributed by atoms with E-state index in [1.165, 1.54) is 12.1 Å². The van der Waals surface area contributed by atoms with Gasteiger partial charge in [-0.2, -0.15) is 11.8 Å². The number of imidazole rings is 1. The van der Waals surface area contributed by atoms with Gasteiger partial charge in [-0.1, -0.05) is 23.7 Å². The number of para-hydroxylation sites is 2. The maximum atomic E-state index is 12.8. The van der Waals surface area contributed by atoms with Gasteiger partial charge in [-0.05, 0) is 42.7 Å². The SMILES string of the molecule is CSCCC(NC(=O)c1ccc(Cl)c([N+](=O)[O-])c1)C(=O)NCc1nc2ccccc2n1C. The lowest BCUT2D eigenvalue weighted by Crippen LogP contribution is -2.47. The highest BCUT2D eigenvalue weighted by molar-refractivity contribution is 7.98. The molecule has 2 N–H and O–H groups in total. The van der Waals surface area contributed by atoms with Crippen LogP contribution in [-0.2, 0) is 18.4 Å². The molecule has 0 aliphatic heterocycles. The highest BCUT2D eigenvalue weighted by Gasteiger charge is 2.23. The monoisotopic (exact) mass is 475 g/mol. The number of carbonyl (C=O) groups is 2. The molecule has 3 aromatic rings. The molecule has 0 saturated heterocycles. The Balaban J connectivity index is 1.71. The summed E-state index contributed by atoms with van der Waals surface area (Å²) in [6.45, 7) is 0.196. The van der Waals surface area contributed by atoms with Gasteiger partial charge in [0.15, 0.2) is 0 Å². The number of amides is 2. The number of carbonyl (C=O) groups excluding carboxylic acids is 2. The fourth-order valence-corrected chi connectivity index (χ4v) is 3.84. The number of hydrogen-bond donors (Lipinski definition) is 2. The first-order valence-corrected chi connectivity index (χ1v) is 11.5. The Labute approximate surface area is 193 Å². The number of halogens is 1. The zero-order valence-corrected chi connectivity index (χ0v) is 19.1. The number of nitro benzene ring substituents is 1. The summed E-state index contributed by atoms with van der Waals surface area (Å²) in [7, 11) is 1.87. The van der Waals surface area contributed by atoms with Gasteiger partial charge in [-0.3, -0.25) is 19.7 Å². The van der Waals surface area contributed by atoms with E-state index >= 15 is 0 Å². The van der Waals surface area contributed by atoms with Crippen LogP contribution >= 0.6 is 23.4 Å². The summed E-state index contributed by atoms with van der Waals surface area (Å²) in [5.74, 6) is 0.380.